The molecule has 0 atom stereocenters. The summed E-state index contributed by atoms with van der Waals surface area (Å²) in [6.45, 7) is 0. The summed E-state index contributed by atoms with van der Waals surface area (Å²) in [5, 5.41) is 0. The van der Waals surface area contributed by atoms with Crippen LogP contribution in [0.1, 0.15) is 0 Å². The van der Waals surface area contributed by atoms with Crippen LogP contribution in [0.25, 0.3) is 0 Å². The molecule has 0 spiro atoms. The third kappa shape index (κ3) is 2.19. The third-order valence-corrected chi connectivity index (χ3v) is 4.09. The van der Waals surface area contributed by atoms with Crippen LogP contribution in [0.5, 0.6) is 0 Å². The molecule has 0 saturated carbocycles. The van der Waals surface area contributed by atoms with E-state index >= 15 is 0 Å². The van der Waals surface area contributed by atoms with E-state index in [0.717, 1.165) is 4.46 Å². The van der Waals surface area contributed by atoms with Crippen LogP contribution < -0.4 is 4.46 Å². The van der Waals surface area contributed by atoms with Gasteiger partial charge in [0.1, 0.15) is 0 Å². The van der Waals surface area contributed by atoms with Gasteiger partial charge < -0.3 is 0 Å². The fourth-order valence-corrected chi connectivity index (χ4v) is 2.35. The summed E-state index contributed by atoms with van der Waals surface area (Å²) < 4.78 is 1.07. The van der Waals surface area contributed by atoms with Crippen molar-refractivity contribution in [1.29, 1.82) is 0 Å². The van der Waals surface area contributed by atoms with Gasteiger partial charge in [-0.3, -0.25) is 0 Å². The normalized spacial score (nSPS) is 10.1. The van der Waals surface area contributed by atoms with Gasteiger partial charge in [0.05, 0.1) is 0 Å². The first-order chi connectivity index (χ1) is 4.30. The topological polar surface area (TPSA) is 0 Å². The molecule has 1 aromatic rings. The van der Waals surface area contributed by atoms with Crippen LogP contribution in [-0.2, 0) is 0 Å². The first kappa shape index (κ1) is 7.43. The molecule has 49 valence electrons. The fraction of sp³-hybridized carbons (Fsp3) is 0. The fourth-order valence-electron chi connectivity index (χ4n) is 0.523. The van der Waals surface area contributed by atoms with Crippen molar-refractivity contribution in [2.45, 2.75) is 0 Å². The van der Waals surface area contributed by atoms with Gasteiger partial charge in [-0.25, -0.2) is 0 Å². The quantitative estimate of drug-likeness (QED) is 0.642. The minimum absolute atomic E-state index is 1.07. The van der Waals surface area contributed by atoms with E-state index in [9.17, 15) is 0 Å². The van der Waals surface area contributed by atoms with E-state index in [0.29, 0.717) is 0 Å². The molecule has 1 radical (unpaired) electrons. The van der Waals surface area contributed by atoms with Gasteiger partial charge in [-0.15, -0.1) is 0 Å². The molecule has 0 heterocycles. The molecule has 0 bridgehead atoms. The molecule has 0 aromatic heterocycles. The van der Waals surface area contributed by atoms with Crippen LogP contribution in [-0.4, -0.2) is 12.1 Å². The van der Waals surface area contributed by atoms with Crippen molar-refractivity contribution in [3.05, 3.63) is 30.3 Å². The molecule has 1 rings (SSSR count). The first-order valence-electron chi connectivity index (χ1n) is 2.42. The van der Waals surface area contributed by atoms with Crippen LogP contribution in [0, 0.1) is 0 Å². The van der Waals surface area contributed by atoms with E-state index in [2.05, 4.69) is 0 Å². The van der Waals surface area contributed by atoms with E-state index in [1.54, 1.807) is 0 Å². The Morgan fingerprint density at radius 3 is 1.89 bits per heavy atom. The average Bonchev–Trinajstić information content (AvgIpc) is 1.90. The van der Waals surface area contributed by atoms with Crippen molar-refractivity contribution in [3.63, 3.8) is 0 Å². The van der Waals surface area contributed by atoms with Crippen LogP contribution in [0.2, 0.25) is 0 Å². The number of halogens is 2. The van der Waals surface area contributed by atoms with Crippen LogP contribution in [0.15, 0.2) is 30.3 Å². The number of rotatable bonds is 1. The molecule has 0 nitrogen and oxygen atoms in total. The average molecular weight is 227 g/mol. The SMILES string of the molecule is Cl[Se](Cl)c1ccccc1. The molecular formula is C6H5Cl2Se. The summed E-state index contributed by atoms with van der Waals surface area (Å²) in [7, 11) is 11.4. The predicted octanol–water partition coefficient (Wildman–Crippen LogP) is 1.86. The summed E-state index contributed by atoms with van der Waals surface area (Å²) in [5.41, 5.74) is 0. The van der Waals surface area contributed by atoms with Gasteiger partial charge in [0.2, 0.25) is 0 Å². The summed E-state index contributed by atoms with van der Waals surface area (Å²) in [5.74, 6) is 0. The molecule has 0 amide bonds. The molecule has 1 aromatic carbocycles. The summed E-state index contributed by atoms with van der Waals surface area (Å²) in [6.07, 6.45) is 0. The Morgan fingerprint density at radius 2 is 1.56 bits per heavy atom. The monoisotopic (exact) mass is 227 g/mol. The molecule has 3 heteroatoms. The number of hydrogen-bond acceptors (Lipinski definition) is 0. The molecular weight excluding hydrogens is 222 g/mol. The Morgan fingerprint density at radius 1 is 1.00 bits per heavy atom. The van der Waals surface area contributed by atoms with Crippen LogP contribution >= 0.6 is 20.2 Å². The predicted molar refractivity (Wildman–Crippen MR) is 43.5 cm³/mol. The molecule has 9 heavy (non-hydrogen) atoms. The second-order valence-corrected chi connectivity index (χ2v) is 7.43. The van der Waals surface area contributed by atoms with E-state index in [4.69, 9.17) is 20.2 Å². The van der Waals surface area contributed by atoms with Crippen molar-refractivity contribution in [3.8, 4) is 0 Å². The van der Waals surface area contributed by atoms with E-state index in [-0.39, 0.29) is 0 Å². The Hall–Kier alpha value is 0.319. The maximum atomic E-state index is 5.69. The molecule has 0 saturated heterocycles. The van der Waals surface area contributed by atoms with Crippen LogP contribution in [0.4, 0.5) is 0 Å². The zero-order valence-electron chi connectivity index (χ0n) is 4.55. The Balaban J connectivity index is 2.85. The maximum absolute atomic E-state index is 5.69. The van der Waals surface area contributed by atoms with Gasteiger partial charge in [0, 0.05) is 0 Å². The number of benzene rings is 1. The molecule has 0 aliphatic heterocycles. The van der Waals surface area contributed by atoms with Gasteiger partial charge in [-0.05, 0) is 0 Å². The van der Waals surface area contributed by atoms with E-state index in [1.165, 1.54) is 0 Å². The third-order valence-electron chi connectivity index (χ3n) is 0.921. The van der Waals surface area contributed by atoms with Crippen molar-refractivity contribution in [2.24, 2.45) is 0 Å². The summed E-state index contributed by atoms with van der Waals surface area (Å²) in [4.78, 5) is 0. The van der Waals surface area contributed by atoms with Crippen molar-refractivity contribution >= 4 is 36.7 Å². The molecule has 0 N–H and O–H groups in total. The molecule has 0 fully saturated rings. The molecule has 0 unspecified atom stereocenters. The zero-order valence-corrected chi connectivity index (χ0v) is 7.78. The summed E-state index contributed by atoms with van der Waals surface area (Å²) in [6, 6.07) is 9.73. The van der Waals surface area contributed by atoms with E-state index < -0.39 is 12.1 Å². The van der Waals surface area contributed by atoms with Gasteiger partial charge in [0.15, 0.2) is 0 Å². The second kappa shape index (κ2) is 3.48. The Bertz CT molecular complexity index is 174. The van der Waals surface area contributed by atoms with E-state index in [1.807, 2.05) is 30.3 Å². The molecule has 0 aliphatic rings. The van der Waals surface area contributed by atoms with Crippen LogP contribution in [0.3, 0.4) is 0 Å². The number of hydrogen-bond donors (Lipinski definition) is 0. The molecule has 0 aliphatic carbocycles. The summed E-state index contributed by atoms with van der Waals surface area (Å²) >= 11 is -1.47. The second-order valence-electron chi connectivity index (χ2n) is 1.53. The van der Waals surface area contributed by atoms with Gasteiger partial charge >= 0.3 is 67.1 Å². The standard InChI is InChI=1S/C6H5Cl2Se/c7-9(8)6-4-2-1-3-5-6/h1-5H. The van der Waals surface area contributed by atoms with Crippen molar-refractivity contribution in [1.82, 2.24) is 0 Å². The Kier molecular flexibility index (Phi) is 2.87. The minimum atomic E-state index is -1.47. The van der Waals surface area contributed by atoms with Gasteiger partial charge in [0.25, 0.3) is 0 Å². The van der Waals surface area contributed by atoms with Gasteiger partial charge in [-0.2, -0.15) is 0 Å². The van der Waals surface area contributed by atoms with Crippen molar-refractivity contribution in [2.75, 3.05) is 0 Å². The first-order valence-corrected chi connectivity index (χ1v) is 7.78. The zero-order chi connectivity index (χ0) is 6.69. The Labute approximate surface area is 67.1 Å². The van der Waals surface area contributed by atoms with Gasteiger partial charge in [-0.1, -0.05) is 0 Å². The van der Waals surface area contributed by atoms with Crippen molar-refractivity contribution < 1.29 is 0 Å².